The molecule has 1 aromatic rings. The Labute approximate surface area is 92.4 Å². The fourth-order valence-electron chi connectivity index (χ4n) is 1.04. The smallest absolute Gasteiger partial charge is 0.306 e. The van der Waals surface area contributed by atoms with Crippen LogP contribution in [0.1, 0.15) is 36.1 Å². The van der Waals surface area contributed by atoms with Crippen LogP contribution in [0.5, 0.6) is 0 Å². The van der Waals surface area contributed by atoms with Gasteiger partial charge in [0.25, 0.3) is 0 Å². The van der Waals surface area contributed by atoms with E-state index in [1.54, 1.807) is 6.07 Å². The van der Waals surface area contributed by atoms with Crippen LogP contribution in [0, 0.1) is 0 Å². The molecule has 0 saturated heterocycles. The highest BCUT2D eigenvalue weighted by atomic mass is 16.5. The van der Waals surface area contributed by atoms with Crippen LogP contribution in [0.15, 0.2) is 16.5 Å². The van der Waals surface area contributed by atoms with Crippen molar-refractivity contribution in [2.75, 3.05) is 0 Å². The Balaban J connectivity index is 2.31. The first-order valence-corrected chi connectivity index (χ1v) is 4.81. The highest BCUT2D eigenvalue weighted by Gasteiger charge is 2.07. The topological polar surface area (TPSA) is 73.6 Å². The van der Waals surface area contributed by atoms with E-state index in [9.17, 15) is 14.4 Å². The second kappa shape index (κ2) is 5.85. The van der Waals surface area contributed by atoms with E-state index in [0.29, 0.717) is 12.0 Å². The average Bonchev–Trinajstić information content (AvgIpc) is 2.71. The predicted octanol–water partition coefficient (Wildman–Crippen LogP) is 1.50. The van der Waals surface area contributed by atoms with Gasteiger partial charge in [-0.05, 0) is 19.1 Å². The molecule has 0 unspecified atom stereocenters. The zero-order chi connectivity index (χ0) is 12.0. The van der Waals surface area contributed by atoms with Crippen LogP contribution in [0.4, 0.5) is 0 Å². The Bertz CT molecular complexity index is 391. The maximum atomic E-state index is 11.1. The lowest BCUT2D eigenvalue weighted by molar-refractivity contribution is -0.146. The summed E-state index contributed by atoms with van der Waals surface area (Å²) in [7, 11) is 0. The van der Waals surface area contributed by atoms with Crippen molar-refractivity contribution in [3.05, 3.63) is 23.7 Å². The molecular formula is C11H12O5. The zero-order valence-corrected chi connectivity index (χ0v) is 8.89. The van der Waals surface area contributed by atoms with E-state index in [1.165, 1.54) is 13.0 Å². The van der Waals surface area contributed by atoms with E-state index in [2.05, 4.69) is 0 Å². The maximum Gasteiger partial charge on any atom is 0.306 e. The summed E-state index contributed by atoms with van der Waals surface area (Å²) in [6, 6.07) is 3.05. The molecular weight excluding hydrogens is 212 g/mol. The molecule has 0 aliphatic heterocycles. The van der Waals surface area contributed by atoms with Gasteiger partial charge in [0.1, 0.15) is 18.2 Å². The minimum Gasteiger partial charge on any atom is -0.457 e. The van der Waals surface area contributed by atoms with E-state index in [0.717, 1.165) is 0 Å². The summed E-state index contributed by atoms with van der Waals surface area (Å²) in [4.78, 5) is 32.0. The van der Waals surface area contributed by atoms with E-state index in [-0.39, 0.29) is 31.0 Å². The summed E-state index contributed by atoms with van der Waals surface area (Å²) < 4.78 is 9.83. The van der Waals surface area contributed by atoms with Crippen molar-refractivity contribution in [3.63, 3.8) is 0 Å². The van der Waals surface area contributed by atoms with Crippen molar-refractivity contribution >= 4 is 18.0 Å². The third-order valence-corrected chi connectivity index (χ3v) is 1.86. The van der Waals surface area contributed by atoms with E-state index >= 15 is 0 Å². The number of carbonyl (C=O) groups excluding carboxylic acids is 3. The number of aldehydes is 1. The van der Waals surface area contributed by atoms with Gasteiger partial charge in [-0.15, -0.1) is 0 Å². The fourth-order valence-corrected chi connectivity index (χ4v) is 1.04. The number of esters is 1. The summed E-state index contributed by atoms with van der Waals surface area (Å²) in [5.74, 6) is 0.0745. The van der Waals surface area contributed by atoms with Crippen molar-refractivity contribution in [1.29, 1.82) is 0 Å². The number of carbonyl (C=O) groups is 3. The number of ketones is 1. The van der Waals surface area contributed by atoms with Crippen molar-refractivity contribution in [2.24, 2.45) is 0 Å². The van der Waals surface area contributed by atoms with E-state index in [4.69, 9.17) is 9.15 Å². The first-order valence-electron chi connectivity index (χ1n) is 4.81. The molecule has 16 heavy (non-hydrogen) atoms. The summed E-state index contributed by atoms with van der Waals surface area (Å²) in [5.41, 5.74) is 0. The van der Waals surface area contributed by atoms with Gasteiger partial charge in [0, 0.05) is 6.42 Å². The average molecular weight is 224 g/mol. The SMILES string of the molecule is CC(=O)CCC(=O)OCc1ccc(C=O)o1. The highest BCUT2D eigenvalue weighted by molar-refractivity contribution is 5.80. The Morgan fingerprint density at radius 1 is 1.38 bits per heavy atom. The van der Waals surface area contributed by atoms with Gasteiger partial charge < -0.3 is 13.9 Å². The molecule has 0 aromatic carbocycles. The number of Topliss-reactive ketones (excluding diaryl/α,β-unsaturated/α-hetero) is 1. The molecule has 5 heteroatoms. The number of furan rings is 1. The van der Waals surface area contributed by atoms with Gasteiger partial charge in [0.2, 0.25) is 0 Å². The van der Waals surface area contributed by atoms with Gasteiger partial charge in [-0.2, -0.15) is 0 Å². The third kappa shape index (κ3) is 4.08. The highest BCUT2D eigenvalue weighted by Crippen LogP contribution is 2.07. The van der Waals surface area contributed by atoms with Gasteiger partial charge in [0.15, 0.2) is 12.0 Å². The predicted molar refractivity (Wildman–Crippen MR) is 53.8 cm³/mol. The molecule has 0 fully saturated rings. The molecule has 0 amide bonds. The molecule has 0 atom stereocenters. The second-order valence-electron chi connectivity index (χ2n) is 3.28. The van der Waals surface area contributed by atoms with Crippen LogP contribution in [0.25, 0.3) is 0 Å². The van der Waals surface area contributed by atoms with Gasteiger partial charge in [-0.1, -0.05) is 0 Å². The van der Waals surface area contributed by atoms with Gasteiger partial charge >= 0.3 is 5.97 Å². The number of ether oxygens (including phenoxy) is 1. The first-order chi connectivity index (χ1) is 7.61. The molecule has 0 radical (unpaired) electrons. The Kier molecular flexibility index (Phi) is 4.44. The molecule has 0 bridgehead atoms. The lowest BCUT2D eigenvalue weighted by atomic mass is 10.2. The lowest BCUT2D eigenvalue weighted by Gasteiger charge is -2.01. The first kappa shape index (κ1) is 12.2. The monoisotopic (exact) mass is 224 g/mol. The quantitative estimate of drug-likeness (QED) is 0.540. The molecule has 86 valence electrons. The van der Waals surface area contributed by atoms with Crippen LogP contribution >= 0.6 is 0 Å². The van der Waals surface area contributed by atoms with E-state index < -0.39 is 5.97 Å². The lowest BCUT2D eigenvalue weighted by Crippen LogP contribution is -2.06. The minimum absolute atomic E-state index is 0.0232. The summed E-state index contributed by atoms with van der Waals surface area (Å²) in [5, 5.41) is 0. The Hall–Kier alpha value is -1.91. The van der Waals surface area contributed by atoms with Crippen LogP contribution in [0.2, 0.25) is 0 Å². The Morgan fingerprint density at radius 3 is 2.69 bits per heavy atom. The van der Waals surface area contributed by atoms with E-state index in [1.807, 2.05) is 0 Å². The number of hydrogen-bond acceptors (Lipinski definition) is 5. The molecule has 0 aliphatic carbocycles. The number of rotatable bonds is 6. The molecule has 1 aromatic heterocycles. The van der Waals surface area contributed by atoms with Crippen molar-refractivity contribution in [1.82, 2.24) is 0 Å². The van der Waals surface area contributed by atoms with Crippen LogP contribution in [0.3, 0.4) is 0 Å². The van der Waals surface area contributed by atoms with Gasteiger partial charge in [-0.25, -0.2) is 0 Å². The maximum absolute atomic E-state index is 11.1. The molecule has 0 aliphatic rings. The largest absolute Gasteiger partial charge is 0.457 e. The summed E-state index contributed by atoms with van der Waals surface area (Å²) >= 11 is 0. The van der Waals surface area contributed by atoms with Gasteiger partial charge in [0.05, 0.1) is 6.42 Å². The molecule has 0 spiro atoms. The molecule has 1 heterocycles. The van der Waals surface area contributed by atoms with Crippen LogP contribution < -0.4 is 0 Å². The Morgan fingerprint density at radius 2 is 2.12 bits per heavy atom. The second-order valence-corrected chi connectivity index (χ2v) is 3.28. The molecule has 5 nitrogen and oxygen atoms in total. The standard InChI is InChI=1S/C11H12O5/c1-8(13)2-5-11(14)15-7-10-4-3-9(6-12)16-10/h3-4,6H,2,5,7H2,1H3. The van der Waals surface area contributed by atoms with Crippen molar-refractivity contribution < 1.29 is 23.5 Å². The minimum atomic E-state index is -0.459. The summed E-state index contributed by atoms with van der Waals surface area (Å²) in [6.45, 7) is 1.39. The summed E-state index contributed by atoms with van der Waals surface area (Å²) in [6.07, 6.45) is 0.814. The molecule has 0 N–H and O–H groups in total. The normalized spacial score (nSPS) is 9.81. The third-order valence-electron chi connectivity index (χ3n) is 1.86. The van der Waals surface area contributed by atoms with Crippen molar-refractivity contribution in [2.45, 2.75) is 26.4 Å². The molecule has 1 rings (SSSR count). The number of hydrogen-bond donors (Lipinski definition) is 0. The van der Waals surface area contributed by atoms with Crippen LogP contribution in [-0.2, 0) is 20.9 Å². The molecule has 0 saturated carbocycles. The van der Waals surface area contributed by atoms with Crippen LogP contribution in [-0.4, -0.2) is 18.0 Å². The van der Waals surface area contributed by atoms with Gasteiger partial charge in [-0.3, -0.25) is 9.59 Å². The fraction of sp³-hybridized carbons (Fsp3) is 0.364. The zero-order valence-electron chi connectivity index (χ0n) is 8.89. The van der Waals surface area contributed by atoms with Crippen molar-refractivity contribution in [3.8, 4) is 0 Å².